The maximum atomic E-state index is 14.0. The third-order valence-corrected chi connectivity index (χ3v) is 4.51. The van der Waals surface area contributed by atoms with Crippen molar-refractivity contribution in [3.63, 3.8) is 0 Å². The molecule has 1 heterocycles. The van der Waals surface area contributed by atoms with Crippen molar-refractivity contribution in [2.75, 3.05) is 5.73 Å². The number of aromatic nitrogens is 4. The molecule has 112 valence electrons. The number of hydrogen-bond acceptors (Lipinski definition) is 4. The number of benzene rings is 1. The molecule has 1 saturated carbocycles. The predicted octanol–water partition coefficient (Wildman–Crippen LogP) is 2.78. The summed E-state index contributed by atoms with van der Waals surface area (Å²) >= 11 is 0. The molecule has 1 aliphatic carbocycles. The van der Waals surface area contributed by atoms with Gasteiger partial charge in [-0.2, -0.15) is 0 Å². The van der Waals surface area contributed by atoms with Crippen LogP contribution in [0.4, 0.5) is 14.5 Å². The zero-order valence-electron chi connectivity index (χ0n) is 11.8. The van der Waals surface area contributed by atoms with Crippen LogP contribution in [0.25, 0.3) is 11.4 Å². The molecule has 2 N–H and O–H groups in total. The molecule has 3 rings (SSSR count). The minimum Gasteiger partial charge on any atom is -0.396 e. The van der Waals surface area contributed by atoms with Gasteiger partial charge >= 0.3 is 0 Å². The lowest BCUT2D eigenvalue weighted by molar-refractivity contribution is 0.0948. The smallest absolute Gasteiger partial charge is 0.185 e. The van der Waals surface area contributed by atoms with Crippen LogP contribution in [0.3, 0.4) is 0 Å². The van der Waals surface area contributed by atoms with Crippen LogP contribution >= 0.6 is 0 Å². The fourth-order valence-electron chi connectivity index (χ4n) is 2.86. The highest BCUT2D eigenvalue weighted by atomic mass is 19.1. The van der Waals surface area contributed by atoms with E-state index < -0.39 is 11.6 Å². The van der Waals surface area contributed by atoms with Crippen LogP contribution in [0.1, 0.15) is 32.6 Å². The Bertz CT molecular complexity index is 658. The first-order valence-electron chi connectivity index (χ1n) is 7.06. The van der Waals surface area contributed by atoms with E-state index in [1.165, 1.54) is 12.5 Å². The summed E-state index contributed by atoms with van der Waals surface area (Å²) in [6.45, 7) is 2.78. The lowest BCUT2D eigenvalue weighted by atomic mass is 9.67. The van der Waals surface area contributed by atoms with Crippen LogP contribution < -0.4 is 5.73 Å². The van der Waals surface area contributed by atoms with Crippen molar-refractivity contribution in [2.24, 2.45) is 5.41 Å². The van der Waals surface area contributed by atoms with Crippen molar-refractivity contribution in [1.82, 2.24) is 20.2 Å². The van der Waals surface area contributed by atoms with Crippen LogP contribution in [0.5, 0.6) is 0 Å². The number of nitrogens with zero attached hydrogens (tertiary/aromatic N) is 4. The minimum atomic E-state index is -0.778. The Morgan fingerprint density at radius 3 is 2.67 bits per heavy atom. The minimum absolute atomic E-state index is 0.116. The summed E-state index contributed by atoms with van der Waals surface area (Å²) in [7, 11) is 0. The standard InChI is InChI=1S/C14H17F2N5/c1-2-14(4-3-5-14)8-21-13(18-19-20-21)9-6-12(17)11(16)7-10(9)15/h6-7H,2-5,8,17H2,1H3. The largest absolute Gasteiger partial charge is 0.396 e. The van der Waals surface area contributed by atoms with Gasteiger partial charge in [0.2, 0.25) is 0 Å². The third-order valence-electron chi connectivity index (χ3n) is 4.51. The molecule has 0 amide bonds. The quantitative estimate of drug-likeness (QED) is 0.880. The summed E-state index contributed by atoms with van der Waals surface area (Å²) in [5.74, 6) is -1.20. The molecular weight excluding hydrogens is 276 g/mol. The second kappa shape index (κ2) is 5.05. The molecular formula is C14H17F2N5. The first-order chi connectivity index (χ1) is 10.0. The van der Waals surface area contributed by atoms with Crippen LogP contribution in [0, 0.1) is 17.0 Å². The molecule has 0 bridgehead atoms. The number of nitrogen functional groups attached to an aromatic ring is 1. The maximum Gasteiger partial charge on any atom is 0.185 e. The van der Waals surface area contributed by atoms with E-state index in [1.54, 1.807) is 4.68 Å². The Kier molecular flexibility index (Phi) is 3.35. The molecule has 0 spiro atoms. The van der Waals surface area contributed by atoms with Gasteiger partial charge in [0.25, 0.3) is 0 Å². The molecule has 0 aliphatic heterocycles. The van der Waals surface area contributed by atoms with Gasteiger partial charge in [-0.3, -0.25) is 0 Å². The topological polar surface area (TPSA) is 69.6 Å². The second-order valence-corrected chi connectivity index (χ2v) is 5.72. The SMILES string of the molecule is CCC1(Cn2nnnc2-c2cc(N)c(F)cc2F)CCC1. The second-order valence-electron chi connectivity index (χ2n) is 5.72. The van der Waals surface area contributed by atoms with Gasteiger partial charge in [0.1, 0.15) is 11.6 Å². The summed E-state index contributed by atoms with van der Waals surface area (Å²) in [5.41, 5.74) is 5.72. The fraction of sp³-hybridized carbons (Fsp3) is 0.500. The average Bonchev–Trinajstić information content (AvgIpc) is 2.86. The Morgan fingerprint density at radius 1 is 1.29 bits per heavy atom. The molecule has 5 nitrogen and oxygen atoms in total. The number of nitrogens with two attached hydrogens (primary N) is 1. The Hall–Kier alpha value is -2.05. The van der Waals surface area contributed by atoms with Gasteiger partial charge in [0.05, 0.1) is 17.8 Å². The van der Waals surface area contributed by atoms with Crippen molar-refractivity contribution in [3.05, 3.63) is 23.8 Å². The number of halogens is 2. The van der Waals surface area contributed by atoms with E-state index in [4.69, 9.17) is 5.73 Å². The fourth-order valence-corrected chi connectivity index (χ4v) is 2.86. The molecule has 0 radical (unpaired) electrons. The zero-order valence-corrected chi connectivity index (χ0v) is 11.8. The van der Waals surface area contributed by atoms with Crippen molar-refractivity contribution in [1.29, 1.82) is 0 Å². The summed E-state index contributed by atoms with van der Waals surface area (Å²) in [5, 5.41) is 11.5. The van der Waals surface area contributed by atoms with Crippen molar-refractivity contribution < 1.29 is 8.78 Å². The Labute approximate surface area is 121 Å². The van der Waals surface area contributed by atoms with Gasteiger partial charge in [-0.15, -0.1) is 5.10 Å². The van der Waals surface area contributed by atoms with E-state index in [1.807, 2.05) is 0 Å². The lowest BCUT2D eigenvalue weighted by Crippen LogP contribution is -2.34. The molecule has 0 saturated heterocycles. The monoisotopic (exact) mass is 293 g/mol. The Morgan fingerprint density at radius 2 is 2.05 bits per heavy atom. The van der Waals surface area contributed by atoms with Crippen LogP contribution in [0.2, 0.25) is 0 Å². The summed E-state index contributed by atoms with van der Waals surface area (Å²) in [4.78, 5) is 0. The van der Waals surface area contributed by atoms with Gasteiger partial charge in [0.15, 0.2) is 5.82 Å². The molecule has 1 aromatic carbocycles. The van der Waals surface area contributed by atoms with E-state index in [2.05, 4.69) is 22.4 Å². The van der Waals surface area contributed by atoms with E-state index in [0.717, 1.165) is 25.3 Å². The molecule has 2 aromatic rings. The average molecular weight is 293 g/mol. The molecule has 1 fully saturated rings. The Balaban J connectivity index is 1.97. The van der Waals surface area contributed by atoms with Crippen molar-refractivity contribution in [3.8, 4) is 11.4 Å². The number of hydrogen-bond donors (Lipinski definition) is 1. The highest BCUT2D eigenvalue weighted by Gasteiger charge is 2.36. The van der Waals surface area contributed by atoms with E-state index in [0.29, 0.717) is 12.4 Å². The molecule has 1 aromatic heterocycles. The lowest BCUT2D eigenvalue weighted by Gasteiger charge is -2.41. The highest BCUT2D eigenvalue weighted by molar-refractivity contribution is 5.62. The van der Waals surface area contributed by atoms with E-state index >= 15 is 0 Å². The zero-order chi connectivity index (χ0) is 15.0. The van der Waals surface area contributed by atoms with Crippen LogP contribution in [-0.4, -0.2) is 20.2 Å². The van der Waals surface area contributed by atoms with Crippen LogP contribution in [0.15, 0.2) is 12.1 Å². The number of rotatable bonds is 4. The highest BCUT2D eigenvalue weighted by Crippen LogP contribution is 2.45. The van der Waals surface area contributed by atoms with Gasteiger partial charge in [-0.1, -0.05) is 13.3 Å². The summed E-state index contributed by atoms with van der Waals surface area (Å²) < 4.78 is 28.8. The summed E-state index contributed by atoms with van der Waals surface area (Å²) in [6, 6.07) is 2.01. The van der Waals surface area contributed by atoms with Gasteiger partial charge in [-0.25, -0.2) is 13.5 Å². The molecule has 0 atom stereocenters. The van der Waals surface area contributed by atoms with Crippen molar-refractivity contribution >= 4 is 5.69 Å². The van der Waals surface area contributed by atoms with Gasteiger partial charge in [0, 0.05) is 6.07 Å². The normalized spacial score (nSPS) is 16.7. The van der Waals surface area contributed by atoms with Gasteiger partial charge < -0.3 is 5.73 Å². The summed E-state index contributed by atoms with van der Waals surface area (Å²) in [6.07, 6.45) is 4.47. The third kappa shape index (κ3) is 2.36. The maximum absolute atomic E-state index is 14.0. The van der Waals surface area contributed by atoms with Crippen LogP contribution in [-0.2, 0) is 6.54 Å². The molecule has 7 heteroatoms. The van der Waals surface area contributed by atoms with E-state index in [-0.39, 0.29) is 16.7 Å². The predicted molar refractivity (Wildman–Crippen MR) is 74.2 cm³/mol. The first kappa shape index (κ1) is 13.9. The first-order valence-corrected chi connectivity index (χ1v) is 7.06. The van der Waals surface area contributed by atoms with Crippen molar-refractivity contribution in [2.45, 2.75) is 39.2 Å². The molecule has 1 aliphatic rings. The number of anilines is 1. The number of tetrazole rings is 1. The van der Waals surface area contributed by atoms with Gasteiger partial charge in [-0.05, 0) is 41.2 Å². The molecule has 0 unspecified atom stereocenters. The molecule has 21 heavy (non-hydrogen) atoms. The van der Waals surface area contributed by atoms with E-state index in [9.17, 15) is 8.78 Å².